The topological polar surface area (TPSA) is 50.4 Å². The van der Waals surface area contributed by atoms with Crippen molar-refractivity contribution in [2.75, 3.05) is 10.6 Å². The quantitative estimate of drug-likeness (QED) is 0.842. The van der Waals surface area contributed by atoms with Gasteiger partial charge in [-0.3, -0.25) is 0 Å². The second kappa shape index (κ2) is 7.50. The van der Waals surface area contributed by atoms with Crippen LogP contribution in [0.1, 0.15) is 26.3 Å². The number of rotatable bonds is 5. The molecule has 4 nitrogen and oxygen atoms in total. The van der Waals surface area contributed by atoms with Crippen molar-refractivity contribution in [1.29, 1.82) is 0 Å². The molecule has 0 heterocycles. The molecule has 0 atom stereocenters. The molecule has 0 unspecified atom stereocenters. The zero-order valence-corrected chi connectivity index (χ0v) is 13.2. The highest BCUT2D eigenvalue weighted by atomic mass is 16.5. The average Bonchev–Trinajstić information content (AvgIpc) is 2.49. The van der Waals surface area contributed by atoms with Crippen molar-refractivity contribution in [3.63, 3.8) is 0 Å². The van der Waals surface area contributed by atoms with Gasteiger partial charge in [0.1, 0.15) is 5.75 Å². The lowest BCUT2D eigenvalue weighted by atomic mass is 10.1. The Kier molecular flexibility index (Phi) is 5.42. The zero-order chi connectivity index (χ0) is 15.9. The summed E-state index contributed by atoms with van der Waals surface area (Å²) in [4.78, 5) is 11.9. The van der Waals surface area contributed by atoms with Crippen LogP contribution < -0.4 is 15.4 Å². The van der Waals surface area contributed by atoms with Gasteiger partial charge in [-0.2, -0.15) is 0 Å². The molecule has 0 aliphatic heterocycles. The number of hydrogen-bond acceptors (Lipinski definition) is 2. The first-order valence-electron chi connectivity index (χ1n) is 7.50. The molecule has 0 saturated carbocycles. The van der Waals surface area contributed by atoms with E-state index in [1.165, 1.54) is 5.56 Å². The van der Waals surface area contributed by atoms with Gasteiger partial charge in [0.15, 0.2) is 0 Å². The summed E-state index contributed by atoms with van der Waals surface area (Å²) in [5.74, 6) is 0.788. The summed E-state index contributed by atoms with van der Waals surface area (Å²) in [5, 5.41) is 5.60. The Balaban J connectivity index is 1.90. The van der Waals surface area contributed by atoms with Gasteiger partial charge in [-0.1, -0.05) is 19.1 Å². The second-order valence-electron chi connectivity index (χ2n) is 5.32. The predicted octanol–water partition coefficient (Wildman–Crippen LogP) is 4.68. The van der Waals surface area contributed by atoms with Crippen LogP contribution in [0, 0.1) is 0 Å². The van der Waals surface area contributed by atoms with Crippen LogP contribution >= 0.6 is 0 Å². The van der Waals surface area contributed by atoms with Gasteiger partial charge in [-0.25, -0.2) is 4.79 Å². The van der Waals surface area contributed by atoms with Crippen LogP contribution in [0.2, 0.25) is 0 Å². The summed E-state index contributed by atoms with van der Waals surface area (Å²) >= 11 is 0. The SMILES string of the molecule is CCc1ccc(NC(=O)Nc2ccc(OC(C)C)cc2)cc1. The molecule has 0 bridgehead atoms. The fourth-order valence-electron chi connectivity index (χ4n) is 2.01. The number of hydrogen-bond donors (Lipinski definition) is 2. The first-order valence-corrected chi connectivity index (χ1v) is 7.50. The minimum Gasteiger partial charge on any atom is -0.491 e. The molecule has 0 radical (unpaired) electrons. The Labute approximate surface area is 131 Å². The second-order valence-corrected chi connectivity index (χ2v) is 5.32. The Morgan fingerprint density at radius 1 is 0.955 bits per heavy atom. The molecule has 2 aromatic carbocycles. The molecular formula is C18H22N2O2. The molecule has 0 fully saturated rings. The number of carbonyl (C=O) groups excluding carboxylic acids is 1. The number of carbonyl (C=O) groups is 1. The fourth-order valence-corrected chi connectivity index (χ4v) is 2.01. The van der Waals surface area contributed by atoms with E-state index in [-0.39, 0.29) is 12.1 Å². The lowest BCUT2D eigenvalue weighted by molar-refractivity contribution is 0.242. The van der Waals surface area contributed by atoms with Gasteiger partial charge < -0.3 is 15.4 Å². The van der Waals surface area contributed by atoms with E-state index >= 15 is 0 Å². The number of anilines is 2. The molecule has 0 spiro atoms. The first kappa shape index (κ1) is 15.9. The Hall–Kier alpha value is -2.49. The Bertz CT molecular complexity index is 604. The van der Waals surface area contributed by atoms with Crippen molar-refractivity contribution in [3.8, 4) is 5.75 Å². The molecule has 2 amide bonds. The largest absolute Gasteiger partial charge is 0.491 e. The summed E-state index contributed by atoms with van der Waals surface area (Å²) in [6.07, 6.45) is 1.12. The van der Waals surface area contributed by atoms with E-state index in [1.807, 2.05) is 62.4 Å². The fraction of sp³-hybridized carbons (Fsp3) is 0.278. The van der Waals surface area contributed by atoms with E-state index in [9.17, 15) is 4.79 Å². The highest BCUT2D eigenvalue weighted by Crippen LogP contribution is 2.17. The first-order chi connectivity index (χ1) is 10.6. The van der Waals surface area contributed by atoms with Gasteiger partial charge in [0.25, 0.3) is 0 Å². The van der Waals surface area contributed by atoms with Crippen LogP contribution in [0.5, 0.6) is 5.75 Å². The lowest BCUT2D eigenvalue weighted by Crippen LogP contribution is -2.19. The van der Waals surface area contributed by atoms with Crippen molar-refractivity contribution < 1.29 is 9.53 Å². The maximum absolute atomic E-state index is 11.9. The van der Waals surface area contributed by atoms with Crippen LogP contribution in [0.3, 0.4) is 0 Å². The van der Waals surface area contributed by atoms with Crippen LogP contribution in [-0.2, 0) is 6.42 Å². The van der Waals surface area contributed by atoms with E-state index in [0.29, 0.717) is 0 Å². The number of ether oxygens (including phenoxy) is 1. The van der Waals surface area contributed by atoms with Crippen molar-refractivity contribution in [3.05, 3.63) is 54.1 Å². The van der Waals surface area contributed by atoms with Gasteiger partial charge >= 0.3 is 6.03 Å². The van der Waals surface area contributed by atoms with E-state index in [1.54, 1.807) is 0 Å². The minimum absolute atomic E-state index is 0.133. The molecule has 4 heteroatoms. The van der Waals surface area contributed by atoms with Crippen LogP contribution in [0.4, 0.5) is 16.2 Å². The predicted molar refractivity (Wildman–Crippen MR) is 90.7 cm³/mol. The molecule has 2 N–H and O–H groups in total. The van der Waals surface area contributed by atoms with Gasteiger partial charge in [0, 0.05) is 11.4 Å². The monoisotopic (exact) mass is 298 g/mol. The van der Waals surface area contributed by atoms with Gasteiger partial charge in [-0.05, 0) is 62.2 Å². The number of aryl methyl sites for hydroxylation is 1. The van der Waals surface area contributed by atoms with Crippen LogP contribution in [0.15, 0.2) is 48.5 Å². The number of nitrogens with one attached hydrogen (secondary N) is 2. The molecule has 22 heavy (non-hydrogen) atoms. The summed E-state index contributed by atoms with van der Waals surface area (Å²) < 4.78 is 5.56. The van der Waals surface area contributed by atoms with E-state index in [2.05, 4.69) is 17.6 Å². The number of urea groups is 1. The number of amides is 2. The van der Waals surface area contributed by atoms with E-state index in [0.717, 1.165) is 23.5 Å². The van der Waals surface area contributed by atoms with Gasteiger partial charge in [0.2, 0.25) is 0 Å². The standard InChI is InChI=1S/C18H22N2O2/c1-4-14-5-7-15(8-6-14)19-18(21)20-16-9-11-17(12-10-16)22-13(2)3/h5-13H,4H2,1-3H3,(H2,19,20,21). The van der Waals surface area contributed by atoms with Crippen LogP contribution in [0.25, 0.3) is 0 Å². The summed E-state index contributed by atoms with van der Waals surface area (Å²) in [6.45, 7) is 6.05. The molecule has 116 valence electrons. The highest BCUT2D eigenvalue weighted by Gasteiger charge is 2.03. The van der Waals surface area contributed by atoms with Crippen LogP contribution in [-0.4, -0.2) is 12.1 Å². The molecule has 2 aromatic rings. The van der Waals surface area contributed by atoms with Crippen molar-refractivity contribution in [2.24, 2.45) is 0 Å². The zero-order valence-electron chi connectivity index (χ0n) is 13.2. The molecule has 0 aliphatic carbocycles. The van der Waals surface area contributed by atoms with Crippen molar-refractivity contribution >= 4 is 17.4 Å². The Morgan fingerprint density at radius 3 is 1.91 bits per heavy atom. The number of benzene rings is 2. The maximum Gasteiger partial charge on any atom is 0.323 e. The maximum atomic E-state index is 11.9. The van der Waals surface area contributed by atoms with Gasteiger partial charge in [-0.15, -0.1) is 0 Å². The molecule has 0 saturated heterocycles. The Morgan fingerprint density at radius 2 is 1.45 bits per heavy atom. The molecule has 0 aliphatic rings. The average molecular weight is 298 g/mol. The van der Waals surface area contributed by atoms with E-state index < -0.39 is 0 Å². The highest BCUT2D eigenvalue weighted by molar-refractivity contribution is 5.99. The molecular weight excluding hydrogens is 276 g/mol. The normalized spacial score (nSPS) is 10.4. The third-order valence-electron chi connectivity index (χ3n) is 3.10. The minimum atomic E-state index is -0.262. The third-order valence-corrected chi connectivity index (χ3v) is 3.10. The lowest BCUT2D eigenvalue weighted by Gasteiger charge is -2.11. The summed E-state index contributed by atoms with van der Waals surface area (Å²) in [6, 6.07) is 14.9. The molecule has 0 aromatic heterocycles. The van der Waals surface area contributed by atoms with Gasteiger partial charge in [0.05, 0.1) is 6.10 Å². The molecule has 2 rings (SSSR count). The summed E-state index contributed by atoms with van der Waals surface area (Å²) in [5.41, 5.74) is 2.74. The smallest absolute Gasteiger partial charge is 0.323 e. The van der Waals surface area contributed by atoms with Crippen molar-refractivity contribution in [1.82, 2.24) is 0 Å². The third kappa shape index (κ3) is 4.81. The van der Waals surface area contributed by atoms with E-state index in [4.69, 9.17) is 4.74 Å². The van der Waals surface area contributed by atoms with Crippen molar-refractivity contribution in [2.45, 2.75) is 33.3 Å². The summed E-state index contributed by atoms with van der Waals surface area (Å²) in [7, 11) is 0.